The molecule has 1 aliphatic rings. The van der Waals surface area contributed by atoms with Gasteiger partial charge in [-0.15, -0.1) is 0 Å². The van der Waals surface area contributed by atoms with Gasteiger partial charge in [-0.25, -0.2) is 0 Å². The van der Waals surface area contributed by atoms with Crippen molar-refractivity contribution >= 4 is 0 Å². The van der Waals surface area contributed by atoms with Crippen LogP contribution >= 0.6 is 0 Å². The molecular formula is C15H30O2. The lowest BCUT2D eigenvalue weighted by molar-refractivity contribution is -0.143. The normalized spacial score (nSPS) is 22.4. The summed E-state index contributed by atoms with van der Waals surface area (Å²) in [5.74, 6) is 0. The standard InChI is InChI=1S/C15H30O2/c1-5-17-15(10-7-6-8-11-15)13(16)9-12-14(2,3)4/h13,16H,5-12H2,1-4H3. The molecule has 1 saturated carbocycles. The van der Waals surface area contributed by atoms with Crippen molar-refractivity contribution in [2.45, 2.75) is 84.3 Å². The molecule has 1 fully saturated rings. The smallest absolute Gasteiger partial charge is 0.0939 e. The second-order valence-corrected chi connectivity index (χ2v) is 6.67. The largest absolute Gasteiger partial charge is 0.390 e. The third-order valence-corrected chi connectivity index (χ3v) is 3.91. The van der Waals surface area contributed by atoms with Crippen LogP contribution in [0.3, 0.4) is 0 Å². The minimum Gasteiger partial charge on any atom is -0.390 e. The summed E-state index contributed by atoms with van der Waals surface area (Å²) in [4.78, 5) is 0. The van der Waals surface area contributed by atoms with E-state index in [-0.39, 0.29) is 11.7 Å². The van der Waals surface area contributed by atoms with E-state index in [9.17, 15) is 5.11 Å². The van der Waals surface area contributed by atoms with Gasteiger partial charge >= 0.3 is 0 Å². The fraction of sp³-hybridized carbons (Fsp3) is 1.00. The molecule has 2 nitrogen and oxygen atoms in total. The summed E-state index contributed by atoms with van der Waals surface area (Å²) >= 11 is 0. The fourth-order valence-electron chi connectivity index (χ4n) is 2.84. The molecule has 2 heteroatoms. The summed E-state index contributed by atoms with van der Waals surface area (Å²) in [5.41, 5.74) is 0.0568. The van der Waals surface area contributed by atoms with Crippen molar-refractivity contribution in [3.05, 3.63) is 0 Å². The molecule has 1 N–H and O–H groups in total. The van der Waals surface area contributed by atoms with Gasteiger partial charge in [0.25, 0.3) is 0 Å². The van der Waals surface area contributed by atoms with Gasteiger partial charge in [0.2, 0.25) is 0 Å². The Bertz CT molecular complexity index is 206. The molecule has 0 aromatic rings. The molecule has 1 aliphatic carbocycles. The number of aliphatic hydroxyl groups is 1. The van der Waals surface area contributed by atoms with Crippen LogP contribution in [0.5, 0.6) is 0 Å². The molecule has 1 unspecified atom stereocenters. The van der Waals surface area contributed by atoms with Crippen LogP contribution in [-0.4, -0.2) is 23.4 Å². The maximum absolute atomic E-state index is 10.5. The highest BCUT2D eigenvalue weighted by molar-refractivity contribution is 4.91. The Balaban J connectivity index is 2.56. The summed E-state index contributed by atoms with van der Waals surface area (Å²) < 4.78 is 5.95. The van der Waals surface area contributed by atoms with Gasteiger partial charge in [0, 0.05) is 6.61 Å². The lowest BCUT2D eigenvalue weighted by Gasteiger charge is -2.41. The zero-order valence-electron chi connectivity index (χ0n) is 12.1. The Labute approximate surface area is 107 Å². The van der Waals surface area contributed by atoms with Gasteiger partial charge in [0.1, 0.15) is 0 Å². The summed E-state index contributed by atoms with van der Waals surface area (Å²) in [6.07, 6.45) is 7.40. The highest BCUT2D eigenvalue weighted by atomic mass is 16.5. The minimum absolute atomic E-state index is 0.238. The molecule has 0 bridgehead atoms. The van der Waals surface area contributed by atoms with E-state index < -0.39 is 0 Å². The Morgan fingerprint density at radius 2 is 1.76 bits per heavy atom. The third-order valence-electron chi connectivity index (χ3n) is 3.91. The molecule has 17 heavy (non-hydrogen) atoms. The van der Waals surface area contributed by atoms with Gasteiger partial charge in [-0.2, -0.15) is 0 Å². The Hall–Kier alpha value is -0.0800. The van der Waals surface area contributed by atoms with Crippen molar-refractivity contribution in [2.24, 2.45) is 5.41 Å². The summed E-state index contributed by atoms with van der Waals surface area (Å²) in [7, 11) is 0. The van der Waals surface area contributed by atoms with Crippen LogP contribution < -0.4 is 0 Å². The van der Waals surface area contributed by atoms with E-state index in [1.54, 1.807) is 0 Å². The van der Waals surface area contributed by atoms with Crippen molar-refractivity contribution in [3.8, 4) is 0 Å². The first-order valence-electron chi connectivity index (χ1n) is 7.22. The third kappa shape index (κ3) is 4.59. The molecule has 0 amide bonds. The maximum atomic E-state index is 10.5. The monoisotopic (exact) mass is 242 g/mol. The van der Waals surface area contributed by atoms with Crippen molar-refractivity contribution in [1.29, 1.82) is 0 Å². The van der Waals surface area contributed by atoms with Crippen LogP contribution in [0.25, 0.3) is 0 Å². The lowest BCUT2D eigenvalue weighted by atomic mass is 9.77. The van der Waals surface area contributed by atoms with Gasteiger partial charge < -0.3 is 9.84 Å². The van der Waals surface area contributed by atoms with Gasteiger partial charge in [-0.3, -0.25) is 0 Å². The summed E-state index contributed by atoms with van der Waals surface area (Å²) in [5, 5.41) is 10.5. The van der Waals surface area contributed by atoms with Crippen LogP contribution in [-0.2, 0) is 4.74 Å². The maximum Gasteiger partial charge on any atom is 0.0939 e. The average Bonchev–Trinajstić information content (AvgIpc) is 2.26. The van der Waals surface area contributed by atoms with E-state index >= 15 is 0 Å². The van der Waals surface area contributed by atoms with E-state index in [2.05, 4.69) is 20.8 Å². The van der Waals surface area contributed by atoms with Crippen molar-refractivity contribution in [2.75, 3.05) is 6.61 Å². The zero-order valence-corrected chi connectivity index (χ0v) is 12.1. The zero-order chi connectivity index (χ0) is 12.9. The Morgan fingerprint density at radius 3 is 2.24 bits per heavy atom. The SMILES string of the molecule is CCOC1(C(O)CCC(C)(C)C)CCCCC1. The topological polar surface area (TPSA) is 29.5 Å². The molecule has 102 valence electrons. The first-order valence-corrected chi connectivity index (χ1v) is 7.22. The second-order valence-electron chi connectivity index (χ2n) is 6.67. The summed E-state index contributed by atoms with van der Waals surface area (Å²) in [6, 6.07) is 0. The summed E-state index contributed by atoms with van der Waals surface area (Å²) in [6.45, 7) is 9.44. The van der Waals surface area contributed by atoms with E-state index in [4.69, 9.17) is 4.74 Å². The average molecular weight is 242 g/mol. The molecule has 0 spiro atoms. The van der Waals surface area contributed by atoms with E-state index in [0.29, 0.717) is 12.0 Å². The fourth-order valence-corrected chi connectivity index (χ4v) is 2.84. The van der Waals surface area contributed by atoms with E-state index in [1.807, 2.05) is 6.92 Å². The predicted octanol–water partition coefficient (Wildman–Crippen LogP) is 3.91. The molecule has 0 aromatic heterocycles. The van der Waals surface area contributed by atoms with Crippen LogP contribution in [0, 0.1) is 5.41 Å². The lowest BCUT2D eigenvalue weighted by Crippen LogP contribution is -2.46. The first kappa shape index (κ1) is 15.0. The Kier molecular flexibility index (Phi) is 5.46. The van der Waals surface area contributed by atoms with E-state index in [0.717, 1.165) is 25.7 Å². The highest BCUT2D eigenvalue weighted by Gasteiger charge is 2.39. The van der Waals surface area contributed by atoms with Crippen LogP contribution in [0.15, 0.2) is 0 Å². The van der Waals surface area contributed by atoms with Crippen molar-refractivity contribution in [1.82, 2.24) is 0 Å². The van der Waals surface area contributed by atoms with E-state index in [1.165, 1.54) is 19.3 Å². The number of aliphatic hydroxyl groups excluding tert-OH is 1. The van der Waals surface area contributed by atoms with Crippen LogP contribution in [0.4, 0.5) is 0 Å². The molecular weight excluding hydrogens is 212 g/mol. The van der Waals surface area contributed by atoms with Crippen LogP contribution in [0.2, 0.25) is 0 Å². The molecule has 0 aromatic carbocycles. The quantitative estimate of drug-likeness (QED) is 0.792. The number of rotatable bonds is 5. The number of hydrogen-bond acceptors (Lipinski definition) is 2. The van der Waals surface area contributed by atoms with Gasteiger partial charge in [0.05, 0.1) is 11.7 Å². The molecule has 0 aliphatic heterocycles. The molecule has 1 rings (SSSR count). The van der Waals surface area contributed by atoms with Gasteiger partial charge in [-0.1, -0.05) is 40.0 Å². The van der Waals surface area contributed by atoms with Crippen LogP contribution in [0.1, 0.15) is 72.6 Å². The minimum atomic E-state index is -0.290. The van der Waals surface area contributed by atoms with Gasteiger partial charge in [0.15, 0.2) is 0 Å². The number of hydrogen-bond donors (Lipinski definition) is 1. The number of ether oxygens (including phenoxy) is 1. The van der Waals surface area contributed by atoms with Crippen molar-refractivity contribution in [3.63, 3.8) is 0 Å². The van der Waals surface area contributed by atoms with Crippen molar-refractivity contribution < 1.29 is 9.84 Å². The second kappa shape index (κ2) is 6.19. The molecule has 0 heterocycles. The first-order chi connectivity index (χ1) is 7.90. The highest BCUT2D eigenvalue weighted by Crippen LogP contribution is 2.37. The molecule has 0 radical (unpaired) electrons. The van der Waals surface area contributed by atoms with Gasteiger partial charge in [-0.05, 0) is 38.0 Å². The predicted molar refractivity (Wildman–Crippen MR) is 72.1 cm³/mol. The molecule has 1 atom stereocenters. The molecule has 0 saturated heterocycles. The Morgan fingerprint density at radius 1 is 1.18 bits per heavy atom.